The van der Waals surface area contributed by atoms with Crippen LogP contribution in [-0.2, 0) is 0 Å². The Hall–Kier alpha value is -1.51. The highest BCUT2D eigenvalue weighted by Crippen LogP contribution is 2.19. The van der Waals surface area contributed by atoms with Crippen molar-refractivity contribution in [3.8, 4) is 0 Å². The summed E-state index contributed by atoms with van der Waals surface area (Å²) in [6, 6.07) is 0. The minimum absolute atomic E-state index is 0.337. The summed E-state index contributed by atoms with van der Waals surface area (Å²) in [6.45, 7) is 23.4. The van der Waals surface area contributed by atoms with E-state index in [-0.39, 0.29) is 0 Å². The van der Waals surface area contributed by atoms with Gasteiger partial charge in [0.1, 0.15) is 5.84 Å². The van der Waals surface area contributed by atoms with E-state index in [4.69, 9.17) is 0 Å². The minimum Gasteiger partial charge on any atom is -0.266 e. The fourth-order valence-electron chi connectivity index (χ4n) is 1.74. The molecule has 0 atom stereocenters. The Labute approximate surface area is 131 Å². The Morgan fingerprint density at radius 1 is 1.05 bits per heavy atom. The molecule has 0 fully saturated rings. The lowest BCUT2D eigenvalue weighted by atomic mass is 9.96. The molecule has 0 N–H and O–H groups in total. The topological polar surface area (TPSA) is 37.1 Å². The number of rotatable bonds is 3. The highest BCUT2D eigenvalue weighted by molar-refractivity contribution is 6.31. The van der Waals surface area contributed by atoms with Gasteiger partial charge < -0.3 is 0 Å². The second-order valence-electron chi connectivity index (χ2n) is 4.78. The number of hydrogen-bond acceptors (Lipinski definition) is 2. The van der Waals surface area contributed by atoms with Crippen LogP contribution in [0.15, 0.2) is 39.8 Å². The zero-order valence-corrected chi connectivity index (χ0v) is 15.2. The predicted molar refractivity (Wildman–Crippen MR) is 98.9 cm³/mol. The smallest absolute Gasteiger partial charge is 0.158 e. The lowest BCUT2D eigenvalue weighted by molar-refractivity contribution is 0.853. The molecule has 21 heavy (non-hydrogen) atoms. The molecule has 1 rings (SSSR count). The number of hydrogen-bond donors (Lipinski definition) is 0. The number of aliphatic imine (C=N–C) groups is 3. The molecule has 0 radical (unpaired) electrons. The van der Waals surface area contributed by atoms with Crippen LogP contribution in [0.25, 0.3) is 0 Å². The molecule has 3 heteroatoms. The highest BCUT2D eigenvalue weighted by Gasteiger charge is 2.22. The summed E-state index contributed by atoms with van der Waals surface area (Å²) in [5.74, 6) is 2.47. The monoisotopic (exact) mass is 291 g/mol. The molecule has 0 aromatic heterocycles. The Kier molecular flexibility index (Phi) is 12.7. The average molecular weight is 291 g/mol. The summed E-state index contributed by atoms with van der Waals surface area (Å²) >= 11 is 0. The zero-order chi connectivity index (χ0) is 17.0. The highest BCUT2D eigenvalue weighted by atomic mass is 15.0. The molecule has 1 aliphatic rings. The van der Waals surface area contributed by atoms with Gasteiger partial charge in [-0.2, -0.15) is 0 Å². The van der Waals surface area contributed by atoms with E-state index in [1.165, 1.54) is 0 Å². The molecular weight excluding hydrogens is 258 g/mol. The van der Waals surface area contributed by atoms with Crippen molar-refractivity contribution in [3.05, 3.63) is 24.8 Å². The van der Waals surface area contributed by atoms with Gasteiger partial charge in [-0.1, -0.05) is 47.6 Å². The zero-order valence-electron chi connectivity index (χ0n) is 15.2. The molecule has 0 bridgehead atoms. The maximum absolute atomic E-state index is 4.68. The largest absolute Gasteiger partial charge is 0.266 e. The van der Waals surface area contributed by atoms with Gasteiger partial charge in [-0.05, 0) is 19.8 Å². The first-order valence-electron chi connectivity index (χ1n) is 7.89. The van der Waals surface area contributed by atoms with E-state index in [9.17, 15) is 0 Å². The van der Waals surface area contributed by atoms with Crippen LogP contribution in [0.2, 0.25) is 0 Å². The van der Waals surface area contributed by atoms with Gasteiger partial charge in [-0.15, -0.1) is 13.2 Å². The van der Waals surface area contributed by atoms with Crippen molar-refractivity contribution < 1.29 is 0 Å². The molecule has 0 unspecified atom stereocenters. The second kappa shape index (κ2) is 12.2. The minimum atomic E-state index is 0.337. The van der Waals surface area contributed by atoms with Crippen LogP contribution >= 0.6 is 0 Å². The van der Waals surface area contributed by atoms with Gasteiger partial charge in [-0.25, -0.2) is 9.98 Å². The van der Waals surface area contributed by atoms with Gasteiger partial charge in [0, 0.05) is 18.0 Å². The van der Waals surface area contributed by atoms with Crippen LogP contribution in [0.1, 0.15) is 55.4 Å². The molecule has 0 aromatic rings. The molecule has 0 saturated heterocycles. The van der Waals surface area contributed by atoms with Crippen molar-refractivity contribution >= 4 is 17.4 Å². The number of allylic oxidation sites excluding steroid dienone is 1. The Balaban J connectivity index is 0. The van der Waals surface area contributed by atoms with E-state index in [2.05, 4.69) is 61.9 Å². The summed E-state index contributed by atoms with van der Waals surface area (Å²) < 4.78 is 0. The van der Waals surface area contributed by atoms with Gasteiger partial charge in [0.05, 0.1) is 5.71 Å². The van der Waals surface area contributed by atoms with Gasteiger partial charge >= 0.3 is 0 Å². The molecule has 0 aliphatic carbocycles. The van der Waals surface area contributed by atoms with E-state index in [0.29, 0.717) is 11.8 Å². The predicted octanol–water partition coefficient (Wildman–Crippen LogP) is 5.34. The van der Waals surface area contributed by atoms with Crippen LogP contribution in [0, 0.1) is 11.8 Å². The maximum Gasteiger partial charge on any atom is 0.158 e. The van der Waals surface area contributed by atoms with E-state index in [1.54, 1.807) is 0 Å². The summed E-state index contributed by atoms with van der Waals surface area (Å²) in [5.41, 5.74) is 2.20. The van der Waals surface area contributed by atoms with E-state index in [1.807, 2.05) is 27.7 Å². The molecule has 1 heterocycles. The molecule has 0 aromatic carbocycles. The molecule has 1 aliphatic heterocycles. The van der Waals surface area contributed by atoms with Gasteiger partial charge in [-0.3, -0.25) is 4.99 Å². The van der Waals surface area contributed by atoms with Crippen molar-refractivity contribution in [2.45, 2.75) is 55.4 Å². The Morgan fingerprint density at radius 3 is 1.90 bits per heavy atom. The molecular formula is C18H33N3. The van der Waals surface area contributed by atoms with Crippen LogP contribution in [0.5, 0.6) is 0 Å². The van der Waals surface area contributed by atoms with E-state index in [0.717, 1.165) is 29.5 Å². The third-order valence-electron chi connectivity index (χ3n) is 2.63. The first-order valence-corrected chi connectivity index (χ1v) is 7.89. The summed E-state index contributed by atoms with van der Waals surface area (Å²) in [7, 11) is 0. The van der Waals surface area contributed by atoms with E-state index < -0.39 is 0 Å². The van der Waals surface area contributed by atoms with Crippen molar-refractivity contribution in [2.24, 2.45) is 26.8 Å². The summed E-state index contributed by atoms with van der Waals surface area (Å²) in [4.78, 5) is 13.7. The lowest BCUT2D eigenvalue weighted by Gasteiger charge is -2.20. The first-order chi connectivity index (χ1) is 10.0. The van der Waals surface area contributed by atoms with Crippen LogP contribution in [-0.4, -0.2) is 23.9 Å². The number of amidine groups is 2. The van der Waals surface area contributed by atoms with Crippen molar-refractivity contribution in [2.75, 3.05) is 6.54 Å². The van der Waals surface area contributed by atoms with Gasteiger partial charge in [0.15, 0.2) is 5.84 Å². The lowest BCUT2D eigenvalue weighted by Crippen LogP contribution is -2.26. The molecule has 3 nitrogen and oxygen atoms in total. The third kappa shape index (κ3) is 6.65. The average Bonchev–Trinajstić information content (AvgIpc) is 2.50. The third-order valence-corrected chi connectivity index (χ3v) is 2.63. The Morgan fingerprint density at radius 2 is 1.57 bits per heavy atom. The van der Waals surface area contributed by atoms with Crippen molar-refractivity contribution in [1.82, 2.24) is 0 Å². The van der Waals surface area contributed by atoms with Crippen molar-refractivity contribution in [3.63, 3.8) is 0 Å². The molecule has 120 valence electrons. The fraction of sp³-hybridized carbons (Fsp3) is 0.611. The second-order valence-corrected chi connectivity index (χ2v) is 4.78. The fourth-order valence-corrected chi connectivity index (χ4v) is 1.74. The molecule has 0 spiro atoms. The summed E-state index contributed by atoms with van der Waals surface area (Å²) in [6.07, 6.45) is 2.06. The maximum atomic E-state index is 4.68. The van der Waals surface area contributed by atoms with Crippen LogP contribution in [0.3, 0.4) is 0 Å². The molecule has 0 amide bonds. The SMILES string of the molecule is C/C=C1\C(=NCC)N=C(C(C)C)N=C1C(C)C.C=C.CC. The Bertz CT molecular complexity index is 410. The first kappa shape index (κ1) is 21.8. The normalized spacial score (nSPS) is 17.8. The van der Waals surface area contributed by atoms with E-state index >= 15 is 0 Å². The quantitative estimate of drug-likeness (QED) is 0.629. The van der Waals surface area contributed by atoms with Crippen molar-refractivity contribution in [1.29, 1.82) is 0 Å². The van der Waals surface area contributed by atoms with Crippen LogP contribution in [0.4, 0.5) is 0 Å². The van der Waals surface area contributed by atoms with Crippen LogP contribution < -0.4 is 0 Å². The summed E-state index contributed by atoms with van der Waals surface area (Å²) in [5, 5.41) is 0. The number of nitrogens with zero attached hydrogens (tertiary/aromatic N) is 3. The standard InChI is InChI=1S/C14H23N3.C2H6.C2H4/c1-7-11-12(9(3)4)16-13(10(5)6)17-14(11)15-8-2;2*1-2/h7,9-10H,8H2,1-6H3;1-2H3;1-2H2/b11-7-,15-14?;;. The molecule has 0 saturated carbocycles. The van der Waals surface area contributed by atoms with Gasteiger partial charge in [0.2, 0.25) is 0 Å². The van der Waals surface area contributed by atoms with Gasteiger partial charge in [0.25, 0.3) is 0 Å².